The summed E-state index contributed by atoms with van der Waals surface area (Å²) in [4.78, 5) is 25.5. The lowest BCUT2D eigenvalue weighted by Gasteiger charge is -2.37. The number of pyridine rings is 1. The number of rotatable bonds is 4. The van der Waals surface area contributed by atoms with Gasteiger partial charge >= 0.3 is 0 Å². The van der Waals surface area contributed by atoms with Crippen LogP contribution in [0, 0.1) is 0 Å². The van der Waals surface area contributed by atoms with Gasteiger partial charge < -0.3 is 21.4 Å². The Morgan fingerprint density at radius 3 is 2.81 bits per heavy atom. The monoisotopic (exact) mass is 494 g/mol. The second kappa shape index (κ2) is 8.11. The molecule has 1 saturated heterocycles. The van der Waals surface area contributed by atoms with Gasteiger partial charge in [-0.3, -0.25) is 15.1 Å². The summed E-state index contributed by atoms with van der Waals surface area (Å²) >= 11 is 1.68. The first kappa shape index (κ1) is 21.0. The quantitative estimate of drug-likeness (QED) is 0.298. The van der Waals surface area contributed by atoms with E-state index in [1.54, 1.807) is 29.9 Å². The molecule has 0 spiro atoms. The lowest BCUT2D eigenvalue weighted by Crippen LogP contribution is -2.56. The number of aromatic amines is 2. The van der Waals surface area contributed by atoms with Crippen molar-refractivity contribution in [1.29, 1.82) is 0 Å². The van der Waals surface area contributed by atoms with E-state index in [2.05, 4.69) is 41.5 Å². The van der Waals surface area contributed by atoms with Crippen LogP contribution >= 0.6 is 11.3 Å². The highest BCUT2D eigenvalue weighted by Crippen LogP contribution is 2.34. The summed E-state index contributed by atoms with van der Waals surface area (Å²) in [5.41, 5.74) is 18.8. The topological polar surface area (TPSA) is 151 Å². The molecule has 6 heterocycles. The molecule has 1 aliphatic heterocycles. The second-order valence-corrected chi connectivity index (χ2v) is 9.95. The fourth-order valence-electron chi connectivity index (χ4n) is 4.60. The SMILES string of the molecule is NC1=CC=C(c2cccs2)c2nc(-c3n[nH]c4cnc(-c5cncc(N6CC(N)C6)n5)cc34)[nH]c2C1. The Hall–Kier alpha value is -4.35. The van der Waals surface area contributed by atoms with Crippen LogP contribution in [0.2, 0.25) is 0 Å². The third kappa shape index (κ3) is 3.48. The van der Waals surface area contributed by atoms with E-state index in [0.29, 0.717) is 29.3 Å². The molecular weight excluding hydrogens is 472 g/mol. The van der Waals surface area contributed by atoms with Crippen molar-refractivity contribution in [3.05, 3.63) is 76.3 Å². The predicted octanol–water partition coefficient (Wildman–Crippen LogP) is 2.84. The second-order valence-electron chi connectivity index (χ2n) is 9.00. The van der Waals surface area contributed by atoms with Gasteiger partial charge in [0.25, 0.3) is 0 Å². The molecule has 0 amide bonds. The fraction of sp³-hybridized carbons (Fsp3) is 0.160. The minimum absolute atomic E-state index is 0.183. The maximum Gasteiger partial charge on any atom is 0.159 e. The normalized spacial score (nSPS) is 15.9. The van der Waals surface area contributed by atoms with E-state index in [9.17, 15) is 0 Å². The molecule has 0 saturated carbocycles. The van der Waals surface area contributed by atoms with Gasteiger partial charge in [-0.1, -0.05) is 6.07 Å². The molecule has 36 heavy (non-hydrogen) atoms. The fourth-order valence-corrected chi connectivity index (χ4v) is 5.36. The summed E-state index contributed by atoms with van der Waals surface area (Å²) in [6.45, 7) is 1.56. The largest absolute Gasteiger partial charge is 0.402 e. The van der Waals surface area contributed by atoms with Crippen LogP contribution in [0.15, 0.2) is 60.0 Å². The van der Waals surface area contributed by atoms with Gasteiger partial charge in [0.1, 0.15) is 17.2 Å². The zero-order valence-corrected chi connectivity index (χ0v) is 20.0. The van der Waals surface area contributed by atoms with Crippen molar-refractivity contribution in [2.75, 3.05) is 18.0 Å². The third-order valence-electron chi connectivity index (χ3n) is 6.46. The van der Waals surface area contributed by atoms with Crippen molar-refractivity contribution < 1.29 is 0 Å². The number of fused-ring (bicyclic) bond motifs is 2. The first-order valence-corrected chi connectivity index (χ1v) is 12.5. The molecule has 178 valence electrons. The minimum atomic E-state index is 0.183. The van der Waals surface area contributed by atoms with E-state index in [1.807, 2.05) is 24.3 Å². The molecule has 1 aliphatic carbocycles. The average Bonchev–Trinajstić information content (AvgIpc) is 3.61. The lowest BCUT2D eigenvalue weighted by molar-refractivity contribution is 0.514. The number of nitrogens with one attached hydrogen (secondary N) is 2. The number of hydrogen-bond acceptors (Lipinski definition) is 9. The highest BCUT2D eigenvalue weighted by atomic mass is 32.1. The maximum absolute atomic E-state index is 6.24. The van der Waals surface area contributed by atoms with Gasteiger partial charge in [-0.15, -0.1) is 11.3 Å². The molecule has 0 radical (unpaired) electrons. The Kier molecular flexibility index (Phi) is 4.72. The Labute approximate surface area is 209 Å². The molecule has 0 unspecified atom stereocenters. The van der Waals surface area contributed by atoms with Crippen LogP contribution in [-0.4, -0.2) is 54.2 Å². The standard InChI is InChI=1S/C25H22N10S/c26-13-3-4-15(21-2-1-5-36-21)23-18(6-13)31-25(32-23)24-16-7-17(29-9-19(16)33-34-24)20-8-28-10-22(30-20)35-11-14(27)12-35/h1-5,7-10,14H,6,11-12,26-27H2,(H,31,32)(H,33,34). The number of hydrogen-bond donors (Lipinski definition) is 4. The van der Waals surface area contributed by atoms with E-state index in [0.717, 1.165) is 57.3 Å². The average molecular weight is 495 g/mol. The van der Waals surface area contributed by atoms with Crippen LogP contribution < -0.4 is 16.4 Å². The van der Waals surface area contributed by atoms with Crippen molar-refractivity contribution in [2.45, 2.75) is 12.5 Å². The van der Waals surface area contributed by atoms with Crippen molar-refractivity contribution >= 4 is 33.6 Å². The summed E-state index contributed by atoms with van der Waals surface area (Å²) in [7, 11) is 0. The summed E-state index contributed by atoms with van der Waals surface area (Å²) in [5, 5.41) is 10.6. The van der Waals surface area contributed by atoms with Gasteiger partial charge in [0.2, 0.25) is 0 Å². The van der Waals surface area contributed by atoms with E-state index in [1.165, 1.54) is 0 Å². The molecular formula is C25H22N10S. The van der Waals surface area contributed by atoms with Gasteiger partial charge in [0.05, 0.1) is 35.5 Å². The van der Waals surface area contributed by atoms with Gasteiger partial charge in [-0.25, -0.2) is 9.97 Å². The van der Waals surface area contributed by atoms with E-state index >= 15 is 0 Å². The van der Waals surface area contributed by atoms with Crippen LogP contribution in [0.4, 0.5) is 5.82 Å². The van der Waals surface area contributed by atoms with Crippen LogP contribution in [-0.2, 0) is 6.42 Å². The van der Waals surface area contributed by atoms with Gasteiger partial charge in [0, 0.05) is 52.8 Å². The Balaban J connectivity index is 1.29. The minimum Gasteiger partial charge on any atom is -0.402 e. The molecule has 6 N–H and O–H groups in total. The van der Waals surface area contributed by atoms with E-state index < -0.39 is 0 Å². The summed E-state index contributed by atoms with van der Waals surface area (Å²) < 4.78 is 0. The molecule has 7 rings (SSSR count). The van der Waals surface area contributed by atoms with Crippen LogP contribution in [0.1, 0.15) is 16.3 Å². The number of nitrogens with zero attached hydrogens (tertiary/aromatic N) is 6. The highest BCUT2D eigenvalue weighted by Gasteiger charge is 2.25. The number of nitrogens with two attached hydrogens (primary N) is 2. The molecule has 2 aliphatic rings. The number of imidazole rings is 1. The first-order chi connectivity index (χ1) is 17.6. The van der Waals surface area contributed by atoms with Crippen LogP contribution in [0.3, 0.4) is 0 Å². The third-order valence-corrected chi connectivity index (χ3v) is 7.36. The van der Waals surface area contributed by atoms with Gasteiger partial charge in [-0.2, -0.15) is 5.10 Å². The molecule has 5 aromatic heterocycles. The highest BCUT2D eigenvalue weighted by molar-refractivity contribution is 7.11. The van der Waals surface area contributed by atoms with Gasteiger partial charge in [-0.05, 0) is 29.7 Å². The molecule has 0 atom stereocenters. The molecule has 5 aromatic rings. The van der Waals surface area contributed by atoms with Gasteiger partial charge in [0.15, 0.2) is 5.82 Å². The Morgan fingerprint density at radius 2 is 1.97 bits per heavy atom. The van der Waals surface area contributed by atoms with E-state index in [4.69, 9.17) is 21.4 Å². The number of anilines is 1. The number of aromatic nitrogens is 7. The first-order valence-electron chi connectivity index (χ1n) is 11.6. The Morgan fingerprint density at radius 1 is 1.06 bits per heavy atom. The zero-order valence-electron chi connectivity index (χ0n) is 19.1. The lowest BCUT2D eigenvalue weighted by atomic mass is 10.1. The van der Waals surface area contributed by atoms with Crippen molar-refractivity contribution in [2.24, 2.45) is 11.5 Å². The van der Waals surface area contributed by atoms with E-state index in [-0.39, 0.29) is 6.04 Å². The summed E-state index contributed by atoms with van der Waals surface area (Å²) in [6, 6.07) is 6.29. The predicted molar refractivity (Wildman–Crippen MR) is 140 cm³/mol. The summed E-state index contributed by atoms with van der Waals surface area (Å²) in [6.07, 6.45) is 9.82. The van der Waals surface area contributed by atoms with Crippen molar-refractivity contribution in [3.63, 3.8) is 0 Å². The Bertz CT molecular complexity index is 1650. The number of thiophene rings is 1. The molecule has 1 fully saturated rings. The zero-order chi connectivity index (χ0) is 24.2. The van der Waals surface area contributed by atoms with Crippen molar-refractivity contribution in [3.8, 4) is 22.9 Å². The van der Waals surface area contributed by atoms with Crippen LogP contribution in [0.5, 0.6) is 0 Å². The molecule has 0 bridgehead atoms. The number of allylic oxidation sites excluding steroid dienone is 3. The summed E-state index contributed by atoms with van der Waals surface area (Å²) in [5.74, 6) is 1.48. The molecule has 11 heteroatoms. The maximum atomic E-state index is 6.24. The molecule has 0 aromatic carbocycles. The van der Waals surface area contributed by atoms with Crippen molar-refractivity contribution in [1.82, 2.24) is 35.1 Å². The smallest absolute Gasteiger partial charge is 0.159 e. The molecule has 10 nitrogen and oxygen atoms in total. The number of H-pyrrole nitrogens is 2. The van der Waals surface area contributed by atoms with Crippen LogP contribution in [0.25, 0.3) is 39.4 Å².